The quantitative estimate of drug-likeness (QED) is 0.775. The van der Waals surface area contributed by atoms with Crippen LogP contribution in [0.3, 0.4) is 0 Å². The van der Waals surface area contributed by atoms with Crippen LogP contribution in [-0.4, -0.2) is 26.4 Å². The highest BCUT2D eigenvalue weighted by atomic mass is 32.2. The van der Waals surface area contributed by atoms with E-state index in [1.54, 1.807) is 0 Å². The molecule has 0 spiro atoms. The van der Waals surface area contributed by atoms with Gasteiger partial charge in [-0.25, -0.2) is 22.5 Å². The summed E-state index contributed by atoms with van der Waals surface area (Å²) in [5.74, 6) is -2.47. The third-order valence-corrected chi connectivity index (χ3v) is 4.14. The number of hydrogen-bond donors (Lipinski definition) is 1. The van der Waals surface area contributed by atoms with Gasteiger partial charge in [0.1, 0.15) is 5.82 Å². The van der Waals surface area contributed by atoms with E-state index in [0.717, 1.165) is 6.08 Å². The number of hydrogen-bond acceptors (Lipinski definition) is 5. The van der Waals surface area contributed by atoms with Gasteiger partial charge in [0, 0.05) is 12.3 Å². The van der Waals surface area contributed by atoms with Gasteiger partial charge in [0.2, 0.25) is 5.88 Å². The van der Waals surface area contributed by atoms with E-state index in [-0.39, 0.29) is 6.07 Å². The number of alkyl halides is 3. The van der Waals surface area contributed by atoms with Crippen LogP contribution < -0.4 is 9.46 Å². The minimum absolute atomic E-state index is 0.112. The molecule has 0 unspecified atom stereocenters. The summed E-state index contributed by atoms with van der Waals surface area (Å²) < 4.78 is 82.0. The molecule has 0 atom stereocenters. The molecule has 1 amide bonds. The standard InChI is InChI=1S/C16H12F4N2O4S/c1-26-14-5-2-10(9-21-14)6-7-27(24,25)22-15(23)12-4-3-11(17)8-13(12)16(18,19)20/h2-9H,1H3,(H,22,23). The van der Waals surface area contributed by atoms with Gasteiger partial charge in [0.25, 0.3) is 15.9 Å². The summed E-state index contributed by atoms with van der Waals surface area (Å²) in [5, 5.41) is 0.588. The van der Waals surface area contributed by atoms with Gasteiger partial charge in [0.05, 0.1) is 23.6 Å². The fraction of sp³-hybridized carbons (Fsp3) is 0.125. The second-order valence-electron chi connectivity index (χ2n) is 5.10. The van der Waals surface area contributed by atoms with E-state index in [1.165, 1.54) is 30.2 Å². The maximum absolute atomic E-state index is 13.1. The lowest BCUT2D eigenvalue weighted by Crippen LogP contribution is -2.30. The first-order valence-corrected chi connectivity index (χ1v) is 8.68. The molecule has 1 heterocycles. The number of carbonyl (C=O) groups is 1. The van der Waals surface area contributed by atoms with Gasteiger partial charge in [-0.3, -0.25) is 4.79 Å². The van der Waals surface area contributed by atoms with Gasteiger partial charge >= 0.3 is 6.18 Å². The molecule has 6 nitrogen and oxygen atoms in total. The van der Waals surface area contributed by atoms with Crippen LogP contribution in [0.1, 0.15) is 21.5 Å². The molecule has 0 saturated heterocycles. The van der Waals surface area contributed by atoms with Gasteiger partial charge in [-0.1, -0.05) is 0 Å². The second-order valence-corrected chi connectivity index (χ2v) is 6.67. The Balaban J connectivity index is 2.22. The monoisotopic (exact) mass is 404 g/mol. The number of carbonyl (C=O) groups excluding carboxylic acids is 1. The summed E-state index contributed by atoms with van der Waals surface area (Å²) >= 11 is 0. The Kier molecular flexibility index (Phi) is 5.84. The van der Waals surface area contributed by atoms with Crippen LogP contribution in [0.25, 0.3) is 6.08 Å². The average molecular weight is 404 g/mol. The van der Waals surface area contributed by atoms with Crippen LogP contribution in [0, 0.1) is 5.82 Å². The van der Waals surface area contributed by atoms with Crippen LogP contribution >= 0.6 is 0 Å². The summed E-state index contributed by atoms with van der Waals surface area (Å²) in [6.07, 6.45) is -2.67. The molecular formula is C16H12F4N2O4S. The molecule has 0 bridgehead atoms. The third-order valence-electron chi connectivity index (χ3n) is 3.17. The number of nitrogens with zero attached hydrogens (tertiary/aromatic N) is 1. The largest absolute Gasteiger partial charge is 0.481 e. The molecule has 0 radical (unpaired) electrons. The Labute approximate surface area is 151 Å². The second kappa shape index (κ2) is 7.74. The summed E-state index contributed by atoms with van der Waals surface area (Å²) in [6, 6.07) is 4.22. The number of rotatable bonds is 5. The molecule has 27 heavy (non-hydrogen) atoms. The lowest BCUT2D eigenvalue weighted by Gasteiger charge is -2.12. The molecule has 0 saturated carbocycles. The fourth-order valence-electron chi connectivity index (χ4n) is 1.95. The van der Waals surface area contributed by atoms with Crippen molar-refractivity contribution in [1.82, 2.24) is 9.71 Å². The molecular weight excluding hydrogens is 392 g/mol. The zero-order valence-corrected chi connectivity index (χ0v) is 14.4. The summed E-state index contributed by atoms with van der Waals surface area (Å²) in [4.78, 5) is 15.8. The predicted octanol–water partition coefficient (Wildman–Crippen LogP) is 2.98. The Bertz CT molecular complexity index is 971. The van der Waals surface area contributed by atoms with Crippen LogP contribution in [-0.2, 0) is 16.2 Å². The summed E-state index contributed by atoms with van der Waals surface area (Å²) in [6.45, 7) is 0. The Hall–Kier alpha value is -2.95. The number of methoxy groups -OCH3 is 1. The minimum atomic E-state index is -5.04. The van der Waals surface area contributed by atoms with E-state index in [9.17, 15) is 30.8 Å². The van der Waals surface area contributed by atoms with Crippen molar-refractivity contribution in [3.63, 3.8) is 0 Å². The molecule has 0 aliphatic rings. The van der Waals surface area contributed by atoms with E-state index in [4.69, 9.17) is 4.74 Å². The maximum Gasteiger partial charge on any atom is 0.417 e. The zero-order valence-electron chi connectivity index (χ0n) is 13.6. The van der Waals surface area contributed by atoms with Gasteiger partial charge in [-0.05, 0) is 35.9 Å². The van der Waals surface area contributed by atoms with Crippen molar-refractivity contribution in [2.75, 3.05) is 7.11 Å². The van der Waals surface area contributed by atoms with Gasteiger partial charge in [-0.2, -0.15) is 13.2 Å². The highest BCUT2D eigenvalue weighted by Crippen LogP contribution is 2.32. The van der Waals surface area contributed by atoms with E-state index < -0.39 is 39.1 Å². The van der Waals surface area contributed by atoms with Crippen molar-refractivity contribution >= 4 is 22.0 Å². The van der Waals surface area contributed by atoms with E-state index in [0.29, 0.717) is 29.0 Å². The fourth-order valence-corrected chi connectivity index (χ4v) is 2.72. The Morgan fingerprint density at radius 1 is 1.22 bits per heavy atom. The molecule has 2 rings (SSSR count). The Morgan fingerprint density at radius 2 is 1.93 bits per heavy atom. The lowest BCUT2D eigenvalue weighted by molar-refractivity contribution is -0.138. The molecule has 0 aliphatic heterocycles. The molecule has 11 heteroatoms. The van der Waals surface area contributed by atoms with Crippen LogP contribution in [0.5, 0.6) is 5.88 Å². The van der Waals surface area contributed by atoms with Crippen molar-refractivity contribution < 1.29 is 35.5 Å². The number of halogens is 4. The smallest absolute Gasteiger partial charge is 0.417 e. The van der Waals surface area contributed by atoms with Crippen molar-refractivity contribution in [3.05, 3.63) is 64.4 Å². The van der Waals surface area contributed by atoms with Crippen LogP contribution in [0.15, 0.2) is 41.9 Å². The number of pyridine rings is 1. The van der Waals surface area contributed by atoms with E-state index in [1.807, 2.05) is 0 Å². The maximum atomic E-state index is 13.1. The summed E-state index contributed by atoms with van der Waals surface area (Å²) in [5.41, 5.74) is -2.27. The number of amides is 1. The molecule has 144 valence electrons. The predicted molar refractivity (Wildman–Crippen MR) is 87.6 cm³/mol. The third kappa shape index (κ3) is 5.51. The SMILES string of the molecule is COc1ccc(C=CS(=O)(=O)NC(=O)c2ccc(F)cc2C(F)(F)F)cn1. The van der Waals surface area contributed by atoms with Gasteiger partial charge in [-0.15, -0.1) is 0 Å². The average Bonchev–Trinajstić information content (AvgIpc) is 2.59. The van der Waals surface area contributed by atoms with Crippen molar-refractivity contribution in [2.45, 2.75) is 6.18 Å². The molecule has 2 aromatic rings. The van der Waals surface area contributed by atoms with E-state index >= 15 is 0 Å². The number of aromatic nitrogens is 1. The minimum Gasteiger partial charge on any atom is -0.481 e. The topological polar surface area (TPSA) is 85.4 Å². The highest BCUT2D eigenvalue weighted by molar-refractivity contribution is 7.93. The normalized spacial score (nSPS) is 12.2. The molecule has 0 aliphatic carbocycles. The molecule has 1 aromatic heterocycles. The number of nitrogens with one attached hydrogen (secondary N) is 1. The lowest BCUT2D eigenvalue weighted by atomic mass is 10.1. The van der Waals surface area contributed by atoms with Crippen molar-refractivity contribution in [2.24, 2.45) is 0 Å². The van der Waals surface area contributed by atoms with Gasteiger partial charge < -0.3 is 4.74 Å². The number of ether oxygens (including phenoxy) is 1. The number of benzene rings is 1. The zero-order chi connectivity index (χ0) is 20.2. The molecule has 1 N–H and O–H groups in total. The molecule has 1 aromatic carbocycles. The highest BCUT2D eigenvalue weighted by Gasteiger charge is 2.36. The first-order chi connectivity index (χ1) is 12.5. The Morgan fingerprint density at radius 3 is 2.48 bits per heavy atom. The molecule has 0 fully saturated rings. The first kappa shape index (κ1) is 20.4. The summed E-state index contributed by atoms with van der Waals surface area (Å²) in [7, 11) is -3.02. The van der Waals surface area contributed by atoms with E-state index in [2.05, 4.69) is 4.98 Å². The van der Waals surface area contributed by atoms with Crippen LogP contribution in [0.4, 0.5) is 17.6 Å². The van der Waals surface area contributed by atoms with Crippen molar-refractivity contribution in [1.29, 1.82) is 0 Å². The van der Waals surface area contributed by atoms with Crippen molar-refractivity contribution in [3.8, 4) is 5.88 Å². The first-order valence-electron chi connectivity index (χ1n) is 7.14. The van der Waals surface area contributed by atoms with Crippen LogP contribution in [0.2, 0.25) is 0 Å². The number of sulfonamides is 1. The van der Waals surface area contributed by atoms with Gasteiger partial charge in [0.15, 0.2) is 0 Å².